The van der Waals surface area contributed by atoms with E-state index in [1.807, 2.05) is 24.3 Å². The second-order valence-electron chi connectivity index (χ2n) is 5.47. The smallest absolute Gasteiger partial charge is 0.328 e. The maximum atomic E-state index is 13.9. The topological polar surface area (TPSA) is 56.1 Å². The lowest BCUT2D eigenvalue weighted by Gasteiger charge is -2.09. The molecule has 0 spiro atoms. The number of aromatic nitrogens is 2. The molecule has 0 fully saturated rings. The number of methoxy groups -OCH3 is 1. The van der Waals surface area contributed by atoms with E-state index in [0.717, 1.165) is 11.3 Å². The number of carbonyl (C=O) groups is 1. The van der Waals surface area contributed by atoms with Crippen LogP contribution in [0.2, 0.25) is 0 Å². The van der Waals surface area contributed by atoms with E-state index in [2.05, 4.69) is 10.3 Å². The first-order valence-corrected chi connectivity index (χ1v) is 7.28. The van der Waals surface area contributed by atoms with Crippen LogP contribution >= 0.6 is 0 Å². The fourth-order valence-corrected chi connectivity index (χ4v) is 2.95. The van der Waals surface area contributed by atoms with Crippen LogP contribution in [0.15, 0.2) is 42.5 Å². The number of hydrogen-bond donors (Lipinski definition) is 1. The average molecular weight is 311 g/mol. The van der Waals surface area contributed by atoms with Crippen LogP contribution in [0.5, 0.6) is 5.75 Å². The highest BCUT2D eigenvalue weighted by Gasteiger charge is 2.32. The van der Waals surface area contributed by atoms with Crippen LogP contribution in [-0.4, -0.2) is 22.7 Å². The maximum absolute atomic E-state index is 13.9. The third-order valence-electron chi connectivity index (χ3n) is 4.07. The molecule has 1 amide bonds. The number of hydrogen-bond acceptors (Lipinski definition) is 3. The van der Waals surface area contributed by atoms with E-state index in [1.165, 1.54) is 10.6 Å². The van der Waals surface area contributed by atoms with Gasteiger partial charge in [0, 0.05) is 0 Å². The number of nitrogens with zero attached hydrogens (tertiary/aromatic N) is 2. The Labute approximate surface area is 131 Å². The minimum atomic E-state index is -0.416. The zero-order valence-corrected chi connectivity index (χ0v) is 12.4. The van der Waals surface area contributed by atoms with Crippen LogP contribution < -0.4 is 10.1 Å². The van der Waals surface area contributed by atoms with Crippen molar-refractivity contribution < 1.29 is 13.9 Å². The van der Waals surface area contributed by atoms with Crippen molar-refractivity contribution in [1.82, 2.24) is 14.9 Å². The molecule has 1 atom stereocenters. The number of para-hydroxylation sites is 1. The van der Waals surface area contributed by atoms with Crippen molar-refractivity contribution in [3.63, 3.8) is 0 Å². The molecule has 0 saturated heterocycles. The summed E-state index contributed by atoms with van der Waals surface area (Å²) >= 11 is 0. The summed E-state index contributed by atoms with van der Waals surface area (Å²) in [5.74, 6) is 0.907. The van der Waals surface area contributed by atoms with Crippen molar-refractivity contribution in [3.05, 3.63) is 59.7 Å². The quantitative estimate of drug-likeness (QED) is 0.809. The van der Waals surface area contributed by atoms with Gasteiger partial charge in [-0.15, -0.1) is 0 Å². The number of imidazole rings is 1. The second kappa shape index (κ2) is 5.08. The summed E-state index contributed by atoms with van der Waals surface area (Å²) in [6, 6.07) is 11.7. The van der Waals surface area contributed by atoms with Crippen LogP contribution in [0.3, 0.4) is 0 Å². The molecule has 0 aliphatic carbocycles. The predicted molar refractivity (Wildman–Crippen MR) is 83.1 cm³/mol. The molecule has 4 rings (SSSR count). The fourth-order valence-electron chi connectivity index (χ4n) is 2.95. The van der Waals surface area contributed by atoms with Gasteiger partial charge in [0.15, 0.2) is 5.82 Å². The summed E-state index contributed by atoms with van der Waals surface area (Å²) in [6.45, 7) is 0. The average Bonchev–Trinajstić information content (AvgIpc) is 3.08. The van der Waals surface area contributed by atoms with E-state index in [9.17, 15) is 9.18 Å². The normalized spacial score (nSPS) is 16.4. The number of halogens is 1. The van der Waals surface area contributed by atoms with Gasteiger partial charge in [0.1, 0.15) is 17.1 Å². The van der Waals surface area contributed by atoms with Gasteiger partial charge in [-0.05, 0) is 36.2 Å². The van der Waals surface area contributed by atoms with E-state index in [1.54, 1.807) is 19.2 Å². The highest BCUT2D eigenvalue weighted by molar-refractivity contribution is 5.92. The molecule has 0 saturated carbocycles. The molecule has 1 aromatic heterocycles. The Morgan fingerprint density at radius 3 is 2.78 bits per heavy atom. The number of carbonyl (C=O) groups excluding carboxylic acids is 1. The number of nitrogens with one attached hydrogen (secondary N) is 1. The van der Waals surface area contributed by atoms with Crippen molar-refractivity contribution in [3.8, 4) is 5.75 Å². The summed E-state index contributed by atoms with van der Waals surface area (Å²) in [5, 5.41) is 2.90. The number of amides is 1. The minimum Gasteiger partial charge on any atom is -0.497 e. The molecule has 23 heavy (non-hydrogen) atoms. The summed E-state index contributed by atoms with van der Waals surface area (Å²) < 4.78 is 20.5. The van der Waals surface area contributed by atoms with Crippen LogP contribution in [-0.2, 0) is 6.42 Å². The van der Waals surface area contributed by atoms with Gasteiger partial charge in [0.25, 0.3) is 0 Å². The molecule has 1 aliphatic rings. The van der Waals surface area contributed by atoms with E-state index in [4.69, 9.17) is 4.74 Å². The molecule has 1 N–H and O–H groups in total. The minimum absolute atomic E-state index is 0.233. The Morgan fingerprint density at radius 2 is 2.04 bits per heavy atom. The van der Waals surface area contributed by atoms with Crippen LogP contribution in [0.4, 0.5) is 9.18 Å². The molecule has 0 bridgehead atoms. The molecule has 0 unspecified atom stereocenters. The summed E-state index contributed by atoms with van der Waals surface area (Å²) in [4.78, 5) is 16.6. The van der Waals surface area contributed by atoms with Crippen LogP contribution in [0, 0.1) is 5.82 Å². The number of benzene rings is 2. The van der Waals surface area contributed by atoms with Gasteiger partial charge < -0.3 is 10.1 Å². The molecule has 5 nitrogen and oxygen atoms in total. The van der Waals surface area contributed by atoms with E-state index >= 15 is 0 Å². The molecule has 1 aliphatic heterocycles. The van der Waals surface area contributed by atoms with Crippen molar-refractivity contribution in [2.75, 3.05) is 7.11 Å². The van der Waals surface area contributed by atoms with Crippen LogP contribution in [0.25, 0.3) is 11.0 Å². The lowest BCUT2D eigenvalue weighted by atomic mass is 10.1. The van der Waals surface area contributed by atoms with Gasteiger partial charge in [-0.2, -0.15) is 0 Å². The fraction of sp³-hybridized carbons (Fsp3) is 0.176. The highest BCUT2D eigenvalue weighted by atomic mass is 19.1. The zero-order chi connectivity index (χ0) is 16.0. The Balaban J connectivity index is 1.72. The van der Waals surface area contributed by atoms with Crippen molar-refractivity contribution >= 4 is 17.1 Å². The molecule has 3 aromatic rings. The summed E-state index contributed by atoms with van der Waals surface area (Å²) in [7, 11) is 1.61. The van der Waals surface area contributed by atoms with Crippen molar-refractivity contribution in [1.29, 1.82) is 0 Å². The predicted octanol–water partition coefficient (Wildman–Crippen LogP) is 3.04. The largest absolute Gasteiger partial charge is 0.497 e. The summed E-state index contributed by atoms with van der Waals surface area (Å²) in [6.07, 6.45) is 0.584. The standard InChI is InChI=1S/C17H14FN3O2/c1-23-11-7-5-10(6-8-11)9-13-16-20-15-12(18)3-2-4-14(15)21(16)17(22)19-13/h2-8,13H,9H2,1H3,(H,19,22)/t13-/m1/s1. The SMILES string of the molecule is COc1ccc(C[C@H]2NC(=O)n3c2nc2c(F)cccc23)cc1. The molecule has 6 heteroatoms. The monoisotopic (exact) mass is 311 g/mol. The molecular weight excluding hydrogens is 297 g/mol. The zero-order valence-electron chi connectivity index (χ0n) is 12.4. The molecule has 2 aromatic carbocycles. The van der Waals surface area contributed by atoms with Gasteiger partial charge in [-0.1, -0.05) is 18.2 Å². The molecule has 0 radical (unpaired) electrons. The van der Waals surface area contributed by atoms with E-state index in [-0.39, 0.29) is 17.6 Å². The lowest BCUT2D eigenvalue weighted by molar-refractivity contribution is 0.245. The maximum Gasteiger partial charge on any atom is 0.328 e. The van der Waals surface area contributed by atoms with Gasteiger partial charge in [-0.25, -0.2) is 18.7 Å². The second-order valence-corrected chi connectivity index (χ2v) is 5.47. The number of ether oxygens (including phenoxy) is 1. The number of rotatable bonds is 3. The Hall–Kier alpha value is -2.89. The number of fused-ring (bicyclic) bond motifs is 3. The van der Waals surface area contributed by atoms with Gasteiger partial charge in [-0.3, -0.25) is 0 Å². The third-order valence-corrected chi connectivity index (χ3v) is 4.07. The van der Waals surface area contributed by atoms with Gasteiger partial charge in [0.2, 0.25) is 0 Å². The first-order valence-electron chi connectivity index (χ1n) is 7.28. The Kier molecular flexibility index (Phi) is 3.04. The summed E-state index contributed by atoms with van der Waals surface area (Å²) in [5.41, 5.74) is 1.77. The van der Waals surface area contributed by atoms with Crippen molar-refractivity contribution in [2.45, 2.75) is 12.5 Å². The van der Waals surface area contributed by atoms with Gasteiger partial charge in [0.05, 0.1) is 18.7 Å². The highest BCUT2D eigenvalue weighted by Crippen LogP contribution is 2.29. The van der Waals surface area contributed by atoms with Crippen molar-refractivity contribution in [2.24, 2.45) is 0 Å². The first-order chi connectivity index (χ1) is 11.2. The third kappa shape index (κ3) is 2.14. The lowest BCUT2D eigenvalue weighted by Crippen LogP contribution is -2.22. The van der Waals surface area contributed by atoms with Crippen LogP contribution in [0.1, 0.15) is 17.4 Å². The van der Waals surface area contributed by atoms with E-state index < -0.39 is 5.82 Å². The molecule has 2 heterocycles. The van der Waals surface area contributed by atoms with E-state index in [0.29, 0.717) is 17.8 Å². The molecule has 116 valence electrons. The Morgan fingerprint density at radius 1 is 1.26 bits per heavy atom. The molecular formula is C17H14FN3O2. The van der Waals surface area contributed by atoms with Gasteiger partial charge >= 0.3 is 6.03 Å². The Bertz CT molecular complexity index is 902. The first kappa shape index (κ1) is 13.8.